The Labute approximate surface area is 31.6 Å². The van der Waals surface area contributed by atoms with Gasteiger partial charge in [0.05, 0.1) is 0 Å². The van der Waals surface area contributed by atoms with Crippen LogP contribution in [0.3, 0.4) is 0 Å². The Morgan fingerprint density at radius 1 is 1.60 bits per heavy atom. The van der Waals surface area contributed by atoms with Gasteiger partial charge in [0.25, 0.3) is 0 Å². The van der Waals surface area contributed by atoms with Crippen molar-refractivity contribution in [3.63, 3.8) is 0 Å². The van der Waals surface area contributed by atoms with E-state index in [4.69, 9.17) is 9.73 Å². The zero-order chi connectivity index (χ0) is 4.12. The summed E-state index contributed by atoms with van der Waals surface area (Å²) in [5.41, 5.74) is 0. The topological polar surface area (TPSA) is 37.3 Å². The predicted octanol–water partition coefficient (Wildman–Crippen LogP) is -1.82. The molecule has 0 aliphatic carbocycles. The Bertz CT molecular complexity index is 46.9. The van der Waals surface area contributed by atoms with Crippen LogP contribution in [0.4, 0.5) is 0 Å². The molecule has 0 unspecified atom stereocenters. The van der Waals surface area contributed by atoms with E-state index in [1.165, 1.54) is 0 Å². The molecule has 0 aliphatic rings. The summed E-state index contributed by atoms with van der Waals surface area (Å²) in [5, 5.41) is 7.65. The van der Waals surface area contributed by atoms with E-state index in [0.29, 0.717) is 14.0 Å². The maximum absolute atomic E-state index is 9.16. The molecule has 0 bridgehead atoms. The first-order valence-corrected chi connectivity index (χ1v) is 1.16. The van der Waals surface area contributed by atoms with Crippen LogP contribution in [0.25, 0.3) is 0 Å². The van der Waals surface area contributed by atoms with Gasteiger partial charge in [-0.1, -0.05) is 0 Å². The van der Waals surface area contributed by atoms with Gasteiger partial charge in [0.2, 0.25) is 0 Å². The minimum atomic E-state index is 0.500. The molecule has 5 heteroatoms. The minimum absolute atomic E-state index is 0.500. The summed E-state index contributed by atoms with van der Waals surface area (Å²) < 4.78 is 9.16. The molecule has 2 nitrogen and oxygen atoms in total. The Balaban J connectivity index is 2.92. The van der Waals surface area contributed by atoms with Crippen molar-refractivity contribution in [2.45, 2.75) is 0 Å². The molecule has 0 radical (unpaired) electrons. The monoisotopic (exact) mass is 66.0 g/mol. The predicted molar refractivity (Wildman–Crippen MR) is 20.2 cm³/mol. The fourth-order valence-corrected chi connectivity index (χ4v) is 0.0351. The molecule has 0 saturated carbocycles. The van der Waals surface area contributed by atoms with Crippen molar-refractivity contribution in [1.29, 1.82) is 0 Å². The first kappa shape index (κ1) is 4.79. The zero-order valence-corrected chi connectivity index (χ0v) is 2.59. The molecular weight excluding hydrogens is 64.4 g/mol. The molecule has 0 heterocycles. The molecule has 0 atom stereocenters. The summed E-state index contributed by atoms with van der Waals surface area (Å²) in [6, 6.07) is 0. The van der Waals surface area contributed by atoms with Crippen molar-refractivity contribution in [3.05, 3.63) is 0 Å². The first-order valence-electron chi connectivity index (χ1n) is 1.16. The van der Waals surface area contributed by atoms with Gasteiger partial charge in [-0.05, 0) is 0 Å². The average Bonchev–Trinajstić information content (AvgIpc) is 1.41. The summed E-state index contributed by atoms with van der Waals surface area (Å²) >= 11 is 0. The van der Waals surface area contributed by atoms with Gasteiger partial charge in [-0.2, -0.15) is 0 Å². The van der Waals surface area contributed by atoms with Crippen molar-refractivity contribution in [1.82, 2.24) is 0 Å². The van der Waals surface area contributed by atoms with Gasteiger partial charge >= 0.3 is 30.5 Å². The Kier molecular flexibility index (Phi) is 3.64. The molecule has 0 aromatic rings. The molecule has 0 amide bonds. The summed E-state index contributed by atoms with van der Waals surface area (Å²) in [4.78, 5) is 0. The third-order valence-corrected chi connectivity index (χ3v) is 0.165. The van der Waals surface area contributed by atoms with Crippen molar-refractivity contribution >= 4 is 20.7 Å². The first-order chi connectivity index (χ1) is 2.41. The third-order valence-electron chi connectivity index (χ3n) is 0.165. The second kappa shape index (κ2) is 3.79. The fourth-order valence-electron chi connectivity index (χ4n) is 0.0351. The standard InChI is InChI=1S/B3HO2/c4-2-1-3-5/h4H. The van der Waals surface area contributed by atoms with Crippen molar-refractivity contribution < 1.29 is 9.73 Å². The van der Waals surface area contributed by atoms with Crippen LogP contribution in [0.5, 0.6) is 0 Å². The molecule has 0 rings (SSSR count). The summed E-state index contributed by atoms with van der Waals surface area (Å²) in [6.07, 6.45) is 0. The Hall–Kier alpha value is -0.205. The van der Waals surface area contributed by atoms with Crippen LogP contribution in [0.1, 0.15) is 0 Å². The van der Waals surface area contributed by atoms with E-state index in [2.05, 4.69) is 0 Å². The van der Waals surface area contributed by atoms with Crippen molar-refractivity contribution in [3.8, 4) is 0 Å². The Morgan fingerprint density at radius 2 is 2.20 bits per heavy atom. The third kappa shape index (κ3) is 3.79. The van der Waals surface area contributed by atoms with Crippen LogP contribution in [0.2, 0.25) is 0 Å². The molecule has 0 aromatic heterocycles. The van der Waals surface area contributed by atoms with Crippen LogP contribution in [0.15, 0.2) is 0 Å². The quantitative estimate of drug-likeness (QED) is 0.365. The normalized spacial score (nSPS) is 4.80. The molecule has 0 fully saturated rings. The fraction of sp³-hybridized carbons (Fsp3) is 0. The summed E-state index contributed by atoms with van der Waals surface area (Å²) in [5.74, 6) is 0. The van der Waals surface area contributed by atoms with Gasteiger partial charge in [-0.25, -0.2) is 0 Å². The average molecular weight is 65.4 g/mol. The van der Waals surface area contributed by atoms with Crippen LogP contribution < -0.4 is 0 Å². The van der Waals surface area contributed by atoms with Crippen molar-refractivity contribution in [2.24, 2.45) is 0 Å². The molecule has 22 valence electrons. The van der Waals surface area contributed by atoms with Gasteiger partial charge in [0.15, 0.2) is 0 Å². The van der Waals surface area contributed by atoms with Gasteiger partial charge in [-0.15, -0.1) is 0 Å². The van der Waals surface area contributed by atoms with E-state index in [1.54, 1.807) is 0 Å². The molecule has 5 heavy (non-hydrogen) atoms. The second-order valence-electron chi connectivity index (χ2n) is 0.478. The molecule has 1 N–H and O–H groups in total. The van der Waals surface area contributed by atoms with E-state index in [1.807, 2.05) is 0 Å². The molecule has 0 saturated heterocycles. The van der Waals surface area contributed by atoms with Crippen LogP contribution in [-0.2, 0) is 4.70 Å². The van der Waals surface area contributed by atoms with Crippen molar-refractivity contribution in [2.75, 3.05) is 0 Å². The molecule has 0 aliphatic heterocycles. The van der Waals surface area contributed by atoms with Crippen LogP contribution in [0, 0.1) is 0 Å². The maximum atomic E-state index is 9.16. The number of hydrogen-bond donors (Lipinski definition) is 1. The number of rotatable bonds is 1. The van der Waals surface area contributed by atoms with E-state index in [9.17, 15) is 0 Å². The van der Waals surface area contributed by atoms with E-state index in [0.717, 1.165) is 6.69 Å². The zero-order valence-electron chi connectivity index (χ0n) is 2.59. The second-order valence-corrected chi connectivity index (χ2v) is 0.478. The van der Waals surface area contributed by atoms with Crippen LogP contribution in [-0.4, -0.2) is 25.8 Å². The van der Waals surface area contributed by atoms with Crippen LogP contribution >= 0.6 is 0 Å². The van der Waals surface area contributed by atoms with E-state index >= 15 is 0 Å². The van der Waals surface area contributed by atoms with Gasteiger partial charge < -0.3 is 0 Å². The molecular formula is HB3O2. The van der Waals surface area contributed by atoms with E-state index in [-0.39, 0.29) is 0 Å². The van der Waals surface area contributed by atoms with Gasteiger partial charge in [-0.3, -0.25) is 0 Å². The molecule has 0 spiro atoms. The van der Waals surface area contributed by atoms with Gasteiger partial charge in [0, 0.05) is 0 Å². The summed E-state index contributed by atoms with van der Waals surface area (Å²) in [6.45, 7) is 1.00. The molecule has 0 aromatic carbocycles. The number of hydrogen-bond acceptors (Lipinski definition) is 2. The van der Waals surface area contributed by atoms with E-state index < -0.39 is 0 Å². The van der Waals surface area contributed by atoms with Gasteiger partial charge in [0.1, 0.15) is 0 Å². The Morgan fingerprint density at radius 3 is 2.20 bits per heavy atom. The SMILES string of the molecule is O=BB=BO. The summed E-state index contributed by atoms with van der Waals surface area (Å²) in [7, 11) is 1.19.